The van der Waals surface area contributed by atoms with E-state index in [0.29, 0.717) is 33.4 Å². The summed E-state index contributed by atoms with van der Waals surface area (Å²) in [5, 5.41) is 13.1. The first-order valence-electron chi connectivity index (χ1n) is 8.60. The van der Waals surface area contributed by atoms with Crippen molar-refractivity contribution in [2.24, 2.45) is 9.98 Å². The Morgan fingerprint density at radius 2 is 2.11 bits per heavy atom. The molecule has 2 aromatic carbocycles. The summed E-state index contributed by atoms with van der Waals surface area (Å²) in [6.07, 6.45) is 0. The molecule has 1 aliphatic rings. The van der Waals surface area contributed by atoms with Crippen LogP contribution in [0, 0.1) is 5.82 Å². The number of anilines is 1. The number of halogens is 2. The molecule has 1 heterocycles. The third-order valence-electron chi connectivity index (χ3n) is 4.29. The maximum Gasteiger partial charge on any atom is 0.333 e. The monoisotopic (exact) mass is 403 g/mol. The molecule has 1 aliphatic heterocycles. The first kappa shape index (κ1) is 20.0. The number of carbonyl (C=O) groups is 1. The molecule has 2 aromatic rings. The largest absolute Gasteiger partial charge is 0.467 e. The van der Waals surface area contributed by atoms with Crippen molar-refractivity contribution in [2.75, 3.05) is 19.0 Å². The minimum Gasteiger partial charge on any atom is -0.467 e. The lowest BCUT2D eigenvalue weighted by Crippen LogP contribution is -2.31. The number of nitrogens with zero attached hydrogens (tertiary/aromatic N) is 2. The summed E-state index contributed by atoms with van der Waals surface area (Å²) in [5.74, 6) is -0.732. The highest BCUT2D eigenvalue weighted by atomic mass is 35.5. The van der Waals surface area contributed by atoms with Crippen molar-refractivity contribution in [1.82, 2.24) is 0 Å². The lowest BCUT2D eigenvalue weighted by atomic mass is 10.00. The maximum atomic E-state index is 14.5. The van der Waals surface area contributed by atoms with E-state index in [9.17, 15) is 14.3 Å². The molecule has 0 radical (unpaired) electrons. The number of rotatable bonds is 4. The number of benzene rings is 2. The number of hydrogen-bond acceptors (Lipinski definition) is 5. The summed E-state index contributed by atoms with van der Waals surface area (Å²) in [6.45, 7) is 1.24. The fourth-order valence-corrected chi connectivity index (χ4v) is 3.04. The fourth-order valence-electron chi connectivity index (χ4n) is 2.87. The summed E-state index contributed by atoms with van der Waals surface area (Å²) >= 11 is 6.16. The van der Waals surface area contributed by atoms with E-state index in [1.165, 1.54) is 13.2 Å². The van der Waals surface area contributed by atoms with E-state index in [1.54, 1.807) is 43.3 Å². The van der Waals surface area contributed by atoms with Crippen LogP contribution >= 0.6 is 11.6 Å². The number of aliphatic hydroxyl groups is 1. The van der Waals surface area contributed by atoms with E-state index in [1.807, 2.05) is 0 Å². The Bertz CT molecular complexity index is 961. The number of hydrogen-bond donors (Lipinski definition) is 2. The first-order chi connectivity index (χ1) is 13.4. The van der Waals surface area contributed by atoms with Gasteiger partial charge < -0.3 is 15.2 Å². The number of methoxy groups -OCH3 is 1. The van der Waals surface area contributed by atoms with Crippen molar-refractivity contribution in [3.63, 3.8) is 0 Å². The van der Waals surface area contributed by atoms with Crippen molar-refractivity contribution in [2.45, 2.75) is 19.0 Å². The van der Waals surface area contributed by atoms with Crippen LogP contribution in [0.15, 0.2) is 52.4 Å². The SMILES string of the molecule is COC(=O)C(CO)N=C1Nc2ccc(Cl)cc2C(c2ccccc2F)=NC1C. The number of fused-ring (bicyclic) bond motifs is 1. The third kappa shape index (κ3) is 4.05. The lowest BCUT2D eigenvalue weighted by molar-refractivity contribution is -0.142. The Morgan fingerprint density at radius 1 is 1.36 bits per heavy atom. The van der Waals surface area contributed by atoms with E-state index >= 15 is 0 Å². The van der Waals surface area contributed by atoms with Gasteiger partial charge in [0.15, 0.2) is 6.04 Å². The highest BCUT2D eigenvalue weighted by molar-refractivity contribution is 6.32. The highest BCUT2D eigenvalue weighted by Gasteiger charge is 2.26. The predicted molar refractivity (Wildman–Crippen MR) is 107 cm³/mol. The van der Waals surface area contributed by atoms with Gasteiger partial charge in [-0.15, -0.1) is 0 Å². The van der Waals surface area contributed by atoms with Crippen LogP contribution in [-0.2, 0) is 9.53 Å². The molecule has 2 unspecified atom stereocenters. The zero-order valence-corrected chi connectivity index (χ0v) is 16.1. The van der Waals surface area contributed by atoms with Gasteiger partial charge in [-0.25, -0.2) is 9.18 Å². The normalized spacial score (nSPS) is 18.5. The lowest BCUT2D eigenvalue weighted by Gasteiger charge is -2.15. The fraction of sp³-hybridized carbons (Fsp3) is 0.250. The smallest absolute Gasteiger partial charge is 0.333 e. The summed E-state index contributed by atoms with van der Waals surface area (Å²) in [5.41, 5.74) is 1.95. The molecular formula is C20H19ClFN3O3. The average Bonchev–Trinajstić information content (AvgIpc) is 2.82. The summed E-state index contributed by atoms with van der Waals surface area (Å²) in [4.78, 5) is 20.7. The van der Waals surface area contributed by atoms with E-state index in [2.05, 4.69) is 20.0 Å². The molecule has 28 heavy (non-hydrogen) atoms. The number of esters is 1. The molecule has 146 valence electrons. The summed E-state index contributed by atoms with van der Waals surface area (Å²) in [6, 6.07) is 9.80. The van der Waals surface area contributed by atoms with Crippen LogP contribution in [0.2, 0.25) is 5.02 Å². The minimum absolute atomic E-state index is 0.326. The first-order valence-corrected chi connectivity index (χ1v) is 8.98. The van der Waals surface area contributed by atoms with Gasteiger partial charge in [-0.05, 0) is 37.3 Å². The molecule has 3 rings (SSSR count). The number of nitrogens with one attached hydrogen (secondary N) is 1. The van der Waals surface area contributed by atoms with Gasteiger partial charge in [0, 0.05) is 21.8 Å². The van der Waals surface area contributed by atoms with Gasteiger partial charge >= 0.3 is 5.97 Å². The molecule has 0 amide bonds. The molecule has 6 nitrogen and oxygen atoms in total. The number of carbonyl (C=O) groups excluding carboxylic acids is 1. The average molecular weight is 404 g/mol. The van der Waals surface area contributed by atoms with Crippen LogP contribution in [0.25, 0.3) is 0 Å². The standard InChI is InChI=1S/C20H19ClFN3O3/c1-11-19(25-17(10-26)20(27)28-2)24-16-8-7-12(21)9-14(16)18(23-11)13-5-3-4-6-15(13)22/h3-9,11,17,26H,10H2,1-2H3,(H,24,25). The highest BCUT2D eigenvalue weighted by Crippen LogP contribution is 2.28. The Morgan fingerprint density at radius 3 is 2.79 bits per heavy atom. The quantitative estimate of drug-likeness (QED) is 0.768. The maximum absolute atomic E-state index is 14.5. The molecule has 2 atom stereocenters. The van der Waals surface area contributed by atoms with E-state index in [-0.39, 0.29) is 0 Å². The van der Waals surface area contributed by atoms with Gasteiger partial charge in [-0.1, -0.05) is 23.7 Å². The van der Waals surface area contributed by atoms with Crippen molar-refractivity contribution in [1.29, 1.82) is 0 Å². The van der Waals surface area contributed by atoms with Crippen LogP contribution in [0.5, 0.6) is 0 Å². The molecule has 0 saturated heterocycles. The Kier molecular flexibility index (Phi) is 6.06. The van der Waals surface area contributed by atoms with Gasteiger partial charge in [0.2, 0.25) is 0 Å². The Labute approximate surface area is 166 Å². The number of benzodiazepines with no additional fused rings is 1. The van der Waals surface area contributed by atoms with Gasteiger partial charge in [-0.2, -0.15) is 0 Å². The van der Waals surface area contributed by atoms with Crippen LogP contribution in [0.4, 0.5) is 10.1 Å². The molecule has 2 N–H and O–H groups in total. The zero-order valence-electron chi connectivity index (χ0n) is 15.3. The number of amidine groups is 1. The van der Waals surface area contributed by atoms with Crippen LogP contribution in [-0.4, -0.2) is 48.4 Å². The summed E-state index contributed by atoms with van der Waals surface area (Å²) in [7, 11) is 1.22. The molecule has 8 heteroatoms. The molecule has 0 fully saturated rings. The van der Waals surface area contributed by atoms with Crippen molar-refractivity contribution in [3.05, 3.63) is 64.4 Å². The molecular weight excluding hydrogens is 385 g/mol. The van der Waals surface area contributed by atoms with E-state index in [4.69, 9.17) is 11.6 Å². The predicted octanol–water partition coefficient (Wildman–Crippen LogP) is 3.06. The number of ether oxygens (including phenoxy) is 1. The van der Waals surface area contributed by atoms with E-state index < -0.39 is 30.5 Å². The second-order valence-electron chi connectivity index (χ2n) is 6.18. The van der Waals surface area contributed by atoms with Crippen LogP contribution in [0.1, 0.15) is 18.1 Å². The Balaban J connectivity index is 2.16. The van der Waals surface area contributed by atoms with Gasteiger partial charge in [0.1, 0.15) is 17.7 Å². The number of aliphatic hydroxyl groups excluding tert-OH is 1. The molecule has 0 aromatic heterocycles. The van der Waals surface area contributed by atoms with Crippen molar-refractivity contribution < 1.29 is 19.0 Å². The Hall–Kier alpha value is -2.77. The molecule has 0 aliphatic carbocycles. The summed E-state index contributed by atoms with van der Waals surface area (Å²) < 4.78 is 19.1. The number of aliphatic imine (C=N–C) groups is 2. The van der Waals surface area contributed by atoms with E-state index in [0.717, 1.165) is 0 Å². The second-order valence-corrected chi connectivity index (χ2v) is 6.62. The van der Waals surface area contributed by atoms with Crippen molar-refractivity contribution in [3.8, 4) is 0 Å². The van der Waals surface area contributed by atoms with Crippen molar-refractivity contribution >= 4 is 34.8 Å². The molecule has 0 saturated carbocycles. The van der Waals surface area contributed by atoms with Crippen LogP contribution < -0.4 is 5.32 Å². The van der Waals surface area contributed by atoms with Gasteiger partial charge in [0.05, 0.1) is 19.4 Å². The molecule has 0 bridgehead atoms. The topological polar surface area (TPSA) is 83.3 Å². The van der Waals surface area contributed by atoms with Gasteiger partial charge in [0.25, 0.3) is 0 Å². The second kappa shape index (κ2) is 8.50. The molecule has 0 spiro atoms. The zero-order chi connectivity index (χ0) is 20.3. The van der Waals surface area contributed by atoms with Gasteiger partial charge in [-0.3, -0.25) is 9.98 Å². The van der Waals surface area contributed by atoms with Crippen LogP contribution in [0.3, 0.4) is 0 Å². The third-order valence-corrected chi connectivity index (χ3v) is 4.52. The minimum atomic E-state index is -1.09.